The lowest BCUT2D eigenvalue weighted by Crippen LogP contribution is -2.08. The topological polar surface area (TPSA) is 27.7 Å². The fraction of sp³-hybridized carbons (Fsp3) is 0.875. The van der Waals surface area contributed by atoms with Gasteiger partial charge in [0.05, 0.1) is 26.4 Å². The quantitative estimate of drug-likeness (QED) is 0.495. The van der Waals surface area contributed by atoms with Crippen molar-refractivity contribution in [2.75, 3.05) is 40.1 Å². The number of hydrogen-bond donors (Lipinski definition) is 0. The Labute approximate surface area is 68.6 Å². The molecule has 0 saturated heterocycles. The van der Waals surface area contributed by atoms with Gasteiger partial charge in [0.1, 0.15) is 0 Å². The van der Waals surface area contributed by atoms with Gasteiger partial charge in [-0.25, -0.2) is 0 Å². The highest BCUT2D eigenvalue weighted by Gasteiger charge is 1.87. The van der Waals surface area contributed by atoms with E-state index in [1.165, 1.54) is 0 Å². The van der Waals surface area contributed by atoms with Gasteiger partial charge in [0.25, 0.3) is 0 Å². The monoisotopic (exact) mass is 161 g/mol. The van der Waals surface area contributed by atoms with Crippen molar-refractivity contribution < 1.29 is 14.2 Å². The second-order valence-corrected chi connectivity index (χ2v) is 2.07. The molecule has 0 heterocycles. The summed E-state index contributed by atoms with van der Waals surface area (Å²) in [4.78, 5) is 0. The summed E-state index contributed by atoms with van der Waals surface area (Å²) < 4.78 is 15.1. The average Bonchev–Trinajstić information content (AvgIpc) is 2.03. The summed E-state index contributed by atoms with van der Waals surface area (Å²) >= 11 is 0. The molecule has 0 aromatic heterocycles. The normalized spacial score (nSPS) is 10.4. The summed E-state index contributed by atoms with van der Waals surface area (Å²) in [6.07, 6.45) is 0.818. The zero-order valence-electron chi connectivity index (χ0n) is 7.17. The van der Waals surface area contributed by atoms with E-state index in [0.29, 0.717) is 33.0 Å². The second kappa shape index (κ2) is 9.88. The second-order valence-electron chi connectivity index (χ2n) is 2.07. The SMILES string of the molecule is [CH2]CCOCCOCCOC. The first-order chi connectivity index (χ1) is 5.41. The summed E-state index contributed by atoms with van der Waals surface area (Å²) in [5, 5.41) is 0. The van der Waals surface area contributed by atoms with E-state index >= 15 is 0 Å². The van der Waals surface area contributed by atoms with E-state index in [4.69, 9.17) is 14.2 Å². The van der Waals surface area contributed by atoms with E-state index in [1.54, 1.807) is 7.11 Å². The van der Waals surface area contributed by atoms with Crippen LogP contribution in [0.15, 0.2) is 0 Å². The van der Waals surface area contributed by atoms with Crippen LogP contribution in [0.1, 0.15) is 6.42 Å². The molecule has 0 aromatic carbocycles. The molecule has 3 nitrogen and oxygen atoms in total. The van der Waals surface area contributed by atoms with Crippen LogP contribution in [-0.4, -0.2) is 40.1 Å². The van der Waals surface area contributed by atoms with Crippen LogP contribution >= 0.6 is 0 Å². The first-order valence-corrected chi connectivity index (χ1v) is 3.85. The van der Waals surface area contributed by atoms with Crippen LogP contribution in [0.5, 0.6) is 0 Å². The average molecular weight is 161 g/mol. The van der Waals surface area contributed by atoms with Crippen molar-refractivity contribution in [3.63, 3.8) is 0 Å². The smallest absolute Gasteiger partial charge is 0.0701 e. The number of hydrogen-bond acceptors (Lipinski definition) is 3. The lowest BCUT2D eigenvalue weighted by Gasteiger charge is -2.03. The molecule has 0 spiro atoms. The van der Waals surface area contributed by atoms with E-state index in [9.17, 15) is 0 Å². The minimum absolute atomic E-state index is 0.642. The molecule has 0 atom stereocenters. The van der Waals surface area contributed by atoms with E-state index in [1.807, 2.05) is 0 Å². The highest BCUT2D eigenvalue weighted by Crippen LogP contribution is 1.81. The third-order valence-electron chi connectivity index (χ3n) is 1.09. The van der Waals surface area contributed by atoms with Crippen molar-refractivity contribution in [3.05, 3.63) is 6.92 Å². The summed E-state index contributed by atoms with van der Waals surface area (Å²) in [7, 11) is 1.66. The molecule has 0 unspecified atom stereocenters. The molecule has 3 heteroatoms. The van der Waals surface area contributed by atoms with Crippen molar-refractivity contribution >= 4 is 0 Å². The van der Waals surface area contributed by atoms with Gasteiger partial charge < -0.3 is 14.2 Å². The Bertz CT molecular complexity index is 58.4. The van der Waals surface area contributed by atoms with E-state index in [2.05, 4.69) is 6.92 Å². The molecular formula is C8H17O3. The van der Waals surface area contributed by atoms with Crippen molar-refractivity contribution in [1.29, 1.82) is 0 Å². The van der Waals surface area contributed by atoms with Crippen LogP contribution in [0.2, 0.25) is 0 Å². The fourth-order valence-electron chi connectivity index (χ4n) is 0.566. The van der Waals surface area contributed by atoms with Gasteiger partial charge in [-0.15, -0.1) is 0 Å². The Morgan fingerprint density at radius 2 is 1.45 bits per heavy atom. The minimum Gasteiger partial charge on any atom is -0.382 e. The van der Waals surface area contributed by atoms with Gasteiger partial charge >= 0.3 is 0 Å². The van der Waals surface area contributed by atoms with Crippen LogP contribution in [0, 0.1) is 6.92 Å². The Morgan fingerprint density at radius 1 is 0.909 bits per heavy atom. The molecule has 0 N–H and O–H groups in total. The number of rotatable bonds is 8. The van der Waals surface area contributed by atoms with Crippen LogP contribution < -0.4 is 0 Å². The molecule has 0 fully saturated rings. The van der Waals surface area contributed by atoms with Crippen LogP contribution in [0.3, 0.4) is 0 Å². The maximum Gasteiger partial charge on any atom is 0.0701 e. The van der Waals surface area contributed by atoms with Gasteiger partial charge in [0.15, 0.2) is 0 Å². The van der Waals surface area contributed by atoms with Gasteiger partial charge in [-0.05, 0) is 6.42 Å². The molecule has 0 aromatic rings. The Balaban J connectivity index is 2.69. The zero-order valence-corrected chi connectivity index (χ0v) is 7.17. The highest BCUT2D eigenvalue weighted by atomic mass is 16.5. The fourth-order valence-corrected chi connectivity index (χ4v) is 0.566. The summed E-state index contributed by atoms with van der Waals surface area (Å²) in [5.74, 6) is 0. The molecule has 0 aliphatic heterocycles. The Morgan fingerprint density at radius 3 is 2.00 bits per heavy atom. The van der Waals surface area contributed by atoms with Gasteiger partial charge in [0, 0.05) is 13.7 Å². The number of ether oxygens (including phenoxy) is 3. The Hall–Kier alpha value is -0.120. The Kier molecular flexibility index (Phi) is 9.77. The molecule has 0 aliphatic rings. The lowest BCUT2D eigenvalue weighted by atomic mass is 10.5. The first kappa shape index (κ1) is 10.9. The van der Waals surface area contributed by atoms with Crippen molar-refractivity contribution in [1.82, 2.24) is 0 Å². The maximum atomic E-state index is 5.15. The molecule has 0 amide bonds. The summed E-state index contributed by atoms with van der Waals surface area (Å²) in [6, 6.07) is 0. The lowest BCUT2D eigenvalue weighted by molar-refractivity contribution is 0.0258. The molecular weight excluding hydrogens is 144 g/mol. The third kappa shape index (κ3) is 9.88. The molecule has 67 valence electrons. The van der Waals surface area contributed by atoms with Crippen molar-refractivity contribution in [2.45, 2.75) is 6.42 Å². The molecule has 0 saturated carbocycles. The van der Waals surface area contributed by atoms with Gasteiger partial charge in [-0.3, -0.25) is 0 Å². The highest BCUT2D eigenvalue weighted by molar-refractivity contribution is 4.36. The van der Waals surface area contributed by atoms with Crippen LogP contribution in [-0.2, 0) is 14.2 Å². The molecule has 0 rings (SSSR count). The third-order valence-corrected chi connectivity index (χ3v) is 1.09. The molecule has 0 bridgehead atoms. The van der Waals surface area contributed by atoms with Crippen molar-refractivity contribution in [3.8, 4) is 0 Å². The van der Waals surface area contributed by atoms with Crippen LogP contribution in [0.25, 0.3) is 0 Å². The van der Waals surface area contributed by atoms with Gasteiger partial charge in [-0.2, -0.15) is 0 Å². The zero-order chi connectivity index (χ0) is 8.36. The van der Waals surface area contributed by atoms with Crippen molar-refractivity contribution in [2.24, 2.45) is 0 Å². The molecule has 11 heavy (non-hydrogen) atoms. The standard InChI is InChI=1S/C8H17O3/c1-3-4-10-7-8-11-6-5-9-2/h1,3-8H2,2H3. The first-order valence-electron chi connectivity index (χ1n) is 3.85. The van der Waals surface area contributed by atoms with E-state index < -0.39 is 0 Å². The minimum atomic E-state index is 0.642. The largest absolute Gasteiger partial charge is 0.382 e. The predicted molar refractivity (Wildman–Crippen MR) is 43.5 cm³/mol. The summed E-state index contributed by atoms with van der Waals surface area (Å²) in [6.45, 7) is 6.95. The number of methoxy groups -OCH3 is 1. The van der Waals surface area contributed by atoms with Gasteiger partial charge in [0.2, 0.25) is 0 Å². The van der Waals surface area contributed by atoms with Crippen LogP contribution in [0.4, 0.5) is 0 Å². The predicted octanol–water partition coefficient (Wildman–Crippen LogP) is 0.890. The molecule has 0 aliphatic carbocycles. The molecule has 1 radical (unpaired) electrons. The van der Waals surface area contributed by atoms with E-state index in [0.717, 1.165) is 6.42 Å². The maximum absolute atomic E-state index is 5.15. The van der Waals surface area contributed by atoms with E-state index in [-0.39, 0.29) is 0 Å². The summed E-state index contributed by atoms with van der Waals surface area (Å²) in [5.41, 5.74) is 0. The van der Waals surface area contributed by atoms with Gasteiger partial charge in [-0.1, -0.05) is 6.92 Å².